The van der Waals surface area contributed by atoms with Gasteiger partial charge in [-0.1, -0.05) is 27.2 Å². The lowest BCUT2D eigenvalue weighted by atomic mass is 9.94. The highest BCUT2D eigenvalue weighted by Gasteiger charge is 2.45. The second-order valence-electron chi connectivity index (χ2n) is 5.98. The summed E-state index contributed by atoms with van der Waals surface area (Å²) >= 11 is 0. The van der Waals surface area contributed by atoms with Crippen molar-refractivity contribution in [1.82, 2.24) is 10.2 Å². The minimum atomic E-state index is -0.316. The standard InChI is InChI=1S/C14H24N2O2/c1-4-10(3)12-13(18)16(8-11(17)15-12)9-14(5-2)6-7-14/h10,12H,4-9H2,1-3H3,(H,15,17). The normalized spacial score (nSPS) is 27.9. The highest BCUT2D eigenvalue weighted by atomic mass is 16.2. The molecule has 2 aliphatic rings. The van der Waals surface area contributed by atoms with Crippen LogP contribution in [-0.2, 0) is 9.59 Å². The van der Waals surface area contributed by atoms with Crippen molar-refractivity contribution in [3.63, 3.8) is 0 Å². The zero-order valence-corrected chi connectivity index (χ0v) is 11.7. The number of amides is 2. The predicted molar refractivity (Wildman–Crippen MR) is 69.9 cm³/mol. The van der Waals surface area contributed by atoms with E-state index in [1.807, 2.05) is 6.92 Å². The third-order valence-corrected chi connectivity index (χ3v) is 4.68. The molecule has 1 heterocycles. The first-order chi connectivity index (χ1) is 8.51. The number of nitrogens with zero attached hydrogens (tertiary/aromatic N) is 1. The zero-order chi connectivity index (χ0) is 13.3. The highest BCUT2D eigenvalue weighted by molar-refractivity contribution is 5.95. The number of nitrogens with one attached hydrogen (secondary N) is 1. The van der Waals surface area contributed by atoms with E-state index in [0.29, 0.717) is 5.41 Å². The van der Waals surface area contributed by atoms with Gasteiger partial charge in [0.05, 0.1) is 6.54 Å². The van der Waals surface area contributed by atoms with E-state index in [1.54, 1.807) is 4.90 Å². The summed E-state index contributed by atoms with van der Waals surface area (Å²) in [4.78, 5) is 25.9. The molecule has 0 aromatic rings. The van der Waals surface area contributed by atoms with Crippen LogP contribution in [0.15, 0.2) is 0 Å². The first kappa shape index (κ1) is 13.4. The predicted octanol–water partition coefficient (Wildman–Crippen LogP) is 1.55. The maximum Gasteiger partial charge on any atom is 0.245 e. The van der Waals surface area contributed by atoms with Gasteiger partial charge < -0.3 is 10.2 Å². The summed E-state index contributed by atoms with van der Waals surface area (Å²) in [5.74, 6) is 0.316. The summed E-state index contributed by atoms with van der Waals surface area (Å²) in [6, 6.07) is -0.316. The molecule has 1 saturated heterocycles. The van der Waals surface area contributed by atoms with Gasteiger partial charge in [0.2, 0.25) is 11.8 Å². The van der Waals surface area contributed by atoms with Gasteiger partial charge >= 0.3 is 0 Å². The third kappa shape index (κ3) is 2.52. The van der Waals surface area contributed by atoms with Crippen LogP contribution in [0.2, 0.25) is 0 Å². The molecule has 4 nitrogen and oxygen atoms in total. The summed E-state index contributed by atoms with van der Waals surface area (Å²) in [7, 11) is 0. The molecule has 1 aliphatic heterocycles. The molecule has 0 radical (unpaired) electrons. The van der Waals surface area contributed by atoms with E-state index in [-0.39, 0.29) is 30.3 Å². The zero-order valence-electron chi connectivity index (χ0n) is 11.7. The lowest BCUT2D eigenvalue weighted by molar-refractivity contribution is -0.146. The Morgan fingerprint density at radius 2 is 2.06 bits per heavy atom. The highest BCUT2D eigenvalue weighted by Crippen LogP contribution is 2.49. The molecule has 1 saturated carbocycles. The van der Waals surface area contributed by atoms with Crippen molar-refractivity contribution in [3.05, 3.63) is 0 Å². The topological polar surface area (TPSA) is 49.4 Å². The summed E-state index contributed by atoms with van der Waals surface area (Å²) in [5, 5.41) is 2.84. The Labute approximate surface area is 109 Å². The number of piperazine rings is 1. The van der Waals surface area contributed by atoms with Crippen molar-refractivity contribution < 1.29 is 9.59 Å². The fourth-order valence-corrected chi connectivity index (χ4v) is 2.69. The summed E-state index contributed by atoms with van der Waals surface area (Å²) in [6.07, 6.45) is 4.40. The molecule has 0 spiro atoms. The van der Waals surface area contributed by atoms with Crippen LogP contribution >= 0.6 is 0 Å². The molecule has 0 aromatic heterocycles. The van der Waals surface area contributed by atoms with Gasteiger partial charge in [0.25, 0.3) is 0 Å². The van der Waals surface area contributed by atoms with Crippen molar-refractivity contribution in [2.75, 3.05) is 13.1 Å². The fraction of sp³-hybridized carbons (Fsp3) is 0.857. The van der Waals surface area contributed by atoms with E-state index in [4.69, 9.17) is 0 Å². The van der Waals surface area contributed by atoms with E-state index < -0.39 is 0 Å². The number of hydrogen-bond acceptors (Lipinski definition) is 2. The smallest absolute Gasteiger partial charge is 0.245 e. The minimum Gasteiger partial charge on any atom is -0.342 e. The molecule has 102 valence electrons. The lowest BCUT2D eigenvalue weighted by Crippen LogP contribution is -2.60. The molecular formula is C14H24N2O2. The first-order valence-electron chi connectivity index (χ1n) is 7.09. The first-order valence-corrected chi connectivity index (χ1v) is 7.09. The maximum atomic E-state index is 12.4. The third-order valence-electron chi connectivity index (χ3n) is 4.68. The van der Waals surface area contributed by atoms with Crippen LogP contribution in [0.4, 0.5) is 0 Å². The van der Waals surface area contributed by atoms with E-state index >= 15 is 0 Å². The molecular weight excluding hydrogens is 228 g/mol. The molecule has 2 atom stereocenters. The molecule has 2 amide bonds. The fourth-order valence-electron chi connectivity index (χ4n) is 2.69. The van der Waals surface area contributed by atoms with E-state index in [1.165, 1.54) is 12.8 Å². The van der Waals surface area contributed by atoms with Gasteiger partial charge in [-0.2, -0.15) is 0 Å². The molecule has 18 heavy (non-hydrogen) atoms. The van der Waals surface area contributed by atoms with Crippen LogP contribution in [0.25, 0.3) is 0 Å². The van der Waals surface area contributed by atoms with Crippen molar-refractivity contribution in [2.45, 2.75) is 52.5 Å². The molecule has 2 unspecified atom stereocenters. The Hall–Kier alpha value is -1.06. The Morgan fingerprint density at radius 3 is 2.56 bits per heavy atom. The summed E-state index contributed by atoms with van der Waals surface area (Å²) in [6.45, 7) is 7.26. The van der Waals surface area contributed by atoms with Crippen LogP contribution in [-0.4, -0.2) is 35.8 Å². The minimum absolute atomic E-state index is 0.00759. The molecule has 1 aliphatic carbocycles. The Kier molecular flexibility index (Phi) is 3.64. The number of rotatable bonds is 5. The van der Waals surface area contributed by atoms with E-state index in [0.717, 1.165) is 19.4 Å². The molecule has 1 N–H and O–H groups in total. The van der Waals surface area contributed by atoms with E-state index in [2.05, 4.69) is 19.2 Å². The van der Waals surface area contributed by atoms with Crippen LogP contribution in [0.1, 0.15) is 46.5 Å². The number of hydrogen-bond donors (Lipinski definition) is 1. The van der Waals surface area contributed by atoms with Gasteiger partial charge in [-0.15, -0.1) is 0 Å². The average Bonchev–Trinajstić information content (AvgIpc) is 3.13. The quantitative estimate of drug-likeness (QED) is 0.807. The van der Waals surface area contributed by atoms with Crippen molar-refractivity contribution in [2.24, 2.45) is 11.3 Å². The second-order valence-corrected chi connectivity index (χ2v) is 5.98. The van der Waals surface area contributed by atoms with Gasteiger partial charge in [-0.3, -0.25) is 9.59 Å². The molecule has 0 aromatic carbocycles. The van der Waals surface area contributed by atoms with Crippen LogP contribution in [0.3, 0.4) is 0 Å². The average molecular weight is 252 g/mol. The van der Waals surface area contributed by atoms with Gasteiger partial charge in [-0.05, 0) is 30.6 Å². The van der Waals surface area contributed by atoms with Crippen LogP contribution < -0.4 is 5.32 Å². The van der Waals surface area contributed by atoms with Crippen molar-refractivity contribution in [1.29, 1.82) is 0 Å². The Bertz CT molecular complexity index is 350. The largest absolute Gasteiger partial charge is 0.342 e. The number of carbonyl (C=O) groups is 2. The SMILES string of the molecule is CCC(C)C1NC(=O)CN(CC2(CC)CC2)C1=O. The second kappa shape index (κ2) is 4.90. The van der Waals surface area contributed by atoms with Crippen molar-refractivity contribution >= 4 is 11.8 Å². The van der Waals surface area contributed by atoms with Crippen LogP contribution in [0, 0.1) is 11.3 Å². The van der Waals surface area contributed by atoms with Gasteiger partial charge in [0.1, 0.15) is 6.04 Å². The van der Waals surface area contributed by atoms with Gasteiger partial charge in [0, 0.05) is 6.54 Å². The Balaban J connectivity index is 2.05. The van der Waals surface area contributed by atoms with Crippen LogP contribution in [0.5, 0.6) is 0 Å². The molecule has 2 fully saturated rings. The molecule has 2 rings (SSSR count). The molecule has 0 bridgehead atoms. The maximum absolute atomic E-state index is 12.4. The van der Waals surface area contributed by atoms with Gasteiger partial charge in [0.15, 0.2) is 0 Å². The monoisotopic (exact) mass is 252 g/mol. The molecule has 4 heteroatoms. The summed E-state index contributed by atoms with van der Waals surface area (Å²) < 4.78 is 0. The number of carbonyl (C=O) groups excluding carboxylic acids is 2. The Morgan fingerprint density at radius 1 is 1.39 bits per heavy atom. The van der Waals surface area contributed by atoms with E-state index in [9.17, 15) is 9.59 Å². The summed E-state index contributed by atoms with van der Waals surface area (Å²) in [5.41, 5.74) is 0.313. The van der Waals surface area contributed by atoms with Gasteiger partial charge in [-0.25, -0.2) is 0 Å². The lowest BCUT2D eigenvalue weighted by Gasteiger charge is -2.37. The van der Waals surface area contributed by atoms with Crippen molar-refractivity contribution in [3.8, 4) is 0 Å².